The molecule has 0 heterocycles. The molecule has 1 rings (SSSR count). The van der Waals surface area contributed by atoms with Crippen LogP contribution in [0.2, 0.25) is 0 Å². The summed E-state index contributed by atoms with van der Waals surface area (Å²) in [5.74, 6) is -1.70. The lowest BCUT2D eigenvalue weighted by Crippen LogP contribution is -2.42. The Kier molecular flexibility index (Phi) is 5.38. The highest BCUT2D eigenvalue weighted by molar-refractivity contribution is 6.29. The average Bonchev–Trinajstić information content (AvgIpc) is 2.37. The van der Waals surface area contributed by atoms with Crippen LogP contribution in [0.5, 0.6) is 0 Å². The van der Waals surface area contributed by atoms with E-state index in [0.29, 0.717) is 0 Å². The van der Waals surface area contributed by atoms with Crippen molar-refractivity contribution < 1.29 is 22.8 Å². The summed E-state index contributed by atoms with van der Waals surface area (Å²) < 4.78 is 38.7. The van der Waals surface area contributed by atoms with Gasteiger partial charge in [0.15, 0.2) is 0 Å². The summed E-state index contributed by atoms with van der Waals surface area (Å²) >= 11 is 5.39. The number of hydrogen-bond donors (Lipinski definition) is 1. The summed E-state index contributed by atoms with van der Waals surface area (Å²) in [5.41, 5.74) is -1.32. The third-order valence-corrected chi connectivity index (χ3v) is 2.63. The van der Waals surface area contributed by atoms with Gasteiger partial charge in [-0.15, -0.1) is 11.6 Å². The molecule has 110 valence electrons. The number of nitrogens with zero attached hydrogens (tertiary/aromatic N) is 1. The average molecular weight is 309 g/mol. The molecule has 1 aromatic rings. The molecule has 0 aliphatic carbocycles. The van der Waals surface area contributed by atoms with E-state index in [2.05, 4.69) is 5.32 Å². The van der Waals surface area contributed by atoms with E-state index in [1.54, 1.807) is 0 Å². The van der Waals surface area contributed by atoms with E-state index in [4.69, 9.17) is 11.6 Å². The van der Waals surface area contributed by atoms with Gasteiger partial charge in [0, 0.05) is 6.92 Å². The standard InChI is InChI=1S/C12H12ClF3N2O2/c1-8(19)17-7-18(11(20)6-13)10-5-3-2-4-9(10)12(14,15)16/h2-5H,6-7H2,1H3,(H,17,19). The zero-order chi connectivity index (χ0) is 15.3. The predicted octanol–water partition coefficient (Wildman–Crippen LogP) is 2.37. The number of para-hydroxylation sites is 1. The first-order valence-corrected chi connectivity index (χ1v) is 6.07. The van der Waals surface area contributed by atoms with Crippen molar-refractivity contribution >= 4 is 29.1 Å². The van der Waals surface area contributed by atoms with Crippen molar-refractivity contribution in [2.45, 2.75) is 13.1 Å². The summed E-state index contributed by atoms with van der Waals surface area (Å²) in [6, 6.07) is 4.59. The van der Waals surface area contributed by atoms with Crippen LogP contribution in [0.25, 0.3) is 0 Å². The van der Waals surface area contributed by atoms with Gasteiger partial charge in [0.05, 0.1) is 17.9 Å². The minimum absolute atomic E-state index is 0.348. The highest BCUT2D eigenvalue weighted by Crippen LogP contribution is 2.36. The second-order valence-electron chi connectivity index (χ2n) is 3.86. The van der Waals surface area contributed by atoms with Crippen LogP contribution in [0.15, 0.2) is 24.3 Å². The largest absolute Gasteiger partial charge is 0.418 e. The van der Waals surface area contributed by atoms with Crippen LogP contribution in [0, 0.1) is 0 Å². The topological polar surface area (TPSA) is 49.4 Å². The smallest absolute Gasteiger partial charge is 0.338 e. The maximum absolute atomic E-state index is 12.9. The van der Waals surface area contributed by atoms with Crippen LogP contribution < -0.4 is 10.2 Å². The molecule has 0 unspecified atom stereocenters. The molecule has 0 aromatic heterocycles. The number of nitrogens with one attached hydrogen (secondary N) is 1. The fourth-order valence-electron chi connectivity index (χ4n) is 1.52. The van der Waals surface area contributed by atoms with Crippen LogP contribution >= 0.6 is 11.6 Å². The normalized spacial score (nSPS) is 11.1. The third-order valence-electron chi connectivity index (χ3n) is 2.40. The lowest BCUT2D eigenvalue weighted by molar-refractivity contribution is -0.137. The molecule has 0 radical (unpaired) electrons. The van der Waals surface area contributed by atoms with Gasteiger partial charge in [-0.1, -0.05) is 12.1 Å². The van der Waals surface area contributed by atoms with Crippen LogP contribution in [0.4, 0.5) is 18.9 Å². The molecule has 0 fully saturated rings. The van der Waals surface area contributed by atoms with Crippen LogP contribution in [-0.4, -0.2) is 24.4 Å². The van der Waals surface area contributed by atoms with Gasteiger partial charge in [0.25, 0.3) is 0 Å². The second kappa shape index (κ2) is 6.60. The molecule has 0 spiro atoms. The molecule has 0 aliphatic heterocycles. The van der Waals surface area contributed by atoms with Gasteiger partial charge >= 0.3 is 6.18 Å². The second-order valence-corrected chi connectivity index (χ2v) is 4.13. The molecule has 0 bridgehead atoms. The number of amides is 2. The van der Waals surface area contributed by atoms with E-state index >= 15 is 0 Å². The summed E-state index contributed by atoms with van der Waals surface area (Å²) in [6.07, 6.45) is -4.61. The summed E-state index contributed by atoms with van der Waals surface area (Å²) in [5, 5.41) is 2.28. The Balaban J connectivity index is 3.20. The minimum atomic E-state index is -4.61. The van der Waals surface area contributed by atoms with E-state index in [9.17, 15) is 22.8 Å². The Labute approximate surface area is 118 Å². The molecule has 0 atom stereocenters. The van der Waals surface area contributed by atoms with Crippen LogP contribution in [0.1, 0.15) is 12.5 Å². The third kappa shape index (κ3) is 4.12. The lowest BCUT2D eigenvalue weighted by atomic mass is 10.1. The molecule has 0 aliphatic rings. The molecule has 1 N–H and O–H groups in total. The van der Waals surface area contributed by atoms with Gasteiger partial charge < -0.3 is 5.32 Å². The molecule has 8 heteroatoms. The van der Waals surface area contributed by atoms with Gasteiger partial charge in [0.2, 0.25) is 11.8 Å². The Morgan fingerprint density at radius 2 is 1.90 bits per heavy atom. The van der Waals surface area contributed by atoms with Crippen molar-refractivity contribution in [1.29, 1.82) is 0 Å². The number of carbonyl (C=O) groups is 2. The first kappa shape index (κ1) is 16.3. The highest BCUT2D eigenvalue weighted by Gasteiger charge is 2.35. The zero-order valence-corrected chi connectivity index (χ0v) is 11.3. The summed E-state index contributed by atoms with van der Waals surface area (Å²) in [4.78, 5) is 23.3. The van der Waals surface area contributed by atoms with Gasteiger partial charge in [0.1, 0.15) is 5.88 Å². The van der Waals surface area contributed by atoms with Crippen LogP contribution in [-0.2, 0) is 15.8 Å². The molecule has 1 aromatic carbocycles. The Morgan fingerprint density at radius 3 is 2.40 bits per heavy atom. The fraction of sp³-hybridized carbons (Fsp3) is 0.333. The van der Waals surface area contributed by atoms with Gasteiger partial charge in [-0.3, -0.25) is 14.5 Å². The van der Waals surface area contributed by atoms with Crippen molar-refractivity contribution in [3.8, 4) is 0 Å². The highest BCUT2D eigenvalue weighted by atomic mass is 35.5. The molecular formula is C12H12ClF3N2O2. The maximum Gasteiger partial charge on any atom is 0.418 e. The van der Waals surface area contributed by atoms with Gasteiger partial charge in [-0.05, 0) is 12.1 Å². The molecule has 4 nitrogen and oxygen atoms in total. The molecule has 20 heavy (non-hydrogen) atoms. The van der Waals surface area contributed by atoms with E-state index in [1.165, 1.54) is 19.1 Å². The number of benzene rings is 1. The molecule has 0 saturated carbocycles. The monoisotopic (exact) mass is 308 g/mol. The Bertz CT molecular complexity index is 506. The van der Waals surface area contributed by atoms with Crippen molar-refractivity contribution in [2.75, 3.05) is 17.4 Å². The SMILES string of the molecule is CC(=O)NCN(C(=O)CCl)c1ccccc1C(F)(F)F. The van der Waals surface area contributed by atoms with Crippen molar-refractivity contribution in [3.63, 3.8) is 0 Å². The number of halogens is 4. The summed E-state index contributed by atoms with van der Waals surface area (Å²) in [7, 11) is 0. The number of alkyl halides is 4. The molecule has 0 saturated heterocycles. The first-order chi connectivity index (χ1) is 9.27. The van der Waals surface area contributed by atoms with Gasteiger partial charge in [-0.25, -0.2) is 0 Å². The fourth-order valence-corrected chi connectivity index (χ4v) is 1.66. The van der Waals surface area contributed by atoms with E-state index in [-0.39, 0.29) is 12.4 Å². The number of rotatable bonds is 4. The first-order valence-electron chi connectivity index (χ1n) is 5.54. The van der Waals surface area contributed by atoms with Gasteiger partial charge in [-0.2, -0.15) is 13.2 Å². The number of hydrogen-bond acceptors (Lipinski definition) is 2. The van der Waals surface area contributed by atoms with Crippen molar-refractivity contribution in [3.05, 3.63) is 29.8 Å². The van der Waals surface area contributed by atoms with E-state index < -0.39 is 29.4 Å². The van der Waals surface area contributed by atoms with Crippen molar-refractivity contribution in [2.24, 2.45) is 0 Å². The summed E-state index contributed by atoms with van der Waals surface area (Å²) in [6.45, 7) is 0.812. The van der Waals surface area contributed by atoms with E-state index in [1.807, 2.05) is 0 Å². The van der Waals surface area contributed by atoms with Crippen LogP contribution in [0.3, 0.4) is 0 Å². The zero-order valence-electron chi connectivity index (χ0n) is 10.5. The predicted molar refractivity (Wildman–Crippen MR) is 68.3 cm³/mol. The quantitative estimate of drug-likeness (QED) is 0.686. The Morgan fingerprint density at radius 1 is 1.30 bits per heavy atom. The minimum Gasteiger partial charge on any atom is -0.338 e. The van der Waals surface area contributed by atoms with Crippen molar-refractivity contribution in [1.82, 2.24) is 5.32 Å². The number of anilines is 1. The number of carbonyl (C=O) groups excluding carboxylic acids is 2. The molecule has 2 amide bonds. The maximum atomic E-state index is 12.9. The Hall–Kier alpha value is -1.76. The lowest BCUT2D eigenvalue weighted by Gasteiger charge is -2.25. The van der Waals surface area contributed by atoms with E-state index in [0.717, 1.165) is 17.0 Å². The molecular weight excluding hydrogens is 297 g/mol.